The Morgan fingerprint density at radius 2 is 2.09 bits per heavy atom. The topological polar surface area (TPSA) is 59.8 Å². The second-order valence-electron chi connectivity index (χ2n) is 5.32. The standard InChI is InChI=1S/C17H14N4OS/c1-11-19-14-8-12(6-7-16(14)23-11)20-17(22)9-21-10-18-13-4-2-3-5-15(13)21/h2-8,10H,9H2,1H3,(H,20,22). The fourth-order valence-corrected chi connectivity index (χ4v) is 3.42. The zero-order valence-electron chi connectivity index (χ0n) is 12.5. The first kappa shape index (κ1) is 13.9. The molecular formula is C17H14N4OS. The van der Waals surface area contributed by atoms with Crippen LogP contribution in [0.4, 0.5) is 5.69 Å². The van der Waals surface area contributed by atoms with Crippen LogP contribution in [0.3, 0.4) is 0 Å². The number of thiazole rings is 1. The lowest BCUT2D eigenvalue weighted by atomic mass is 10.3. The summed E-state index contributed by atoms with van der Waals surface area (Å²) in [6.45, 7) is 2.21. The smallest absolute Gasteiger partial charge is 0.244 e. The molecule has 0 spiro atoms. The highest BCUT2D eigenvalue weighted by atomic mass is 32.1. The van der Waals surface area contributed by atoms with Crippen LogP contribution in [0, 0.1) is 6.92 Å². The second kappa shape index (κ2) is 5.48. The van der Waals surface area contributed by atoms with E-state index in [2.05, 4.69) is 15.3 Å². The first-order valence-corrected chi connectivity index (χ1v) is 8.07. The Morgan fingerprint density at radius 3 is 3.00 bits per heavy atom. The highest BCUT2D eigenvalue weighted by Crippen LogP contribution is 2.24. The maximum absolute atomic E-state index is 12.3. The zero-order valence-corrected chi connectivity index (χ0v) is 13.3. The van der Waals surface area contributed by atoms with Gasteiger partial charge in [-0.15, -0.1) is 11.3 Å². The number of rotatable bonds is 3. The van der Waals surface area contributed by atoms with Gasteiger partial charge < -0.3 is 9.88 Å². The number of fused-ring (bicyclic) bond motifs is 2. The van der Waals surface area contributed by atoms with Gasteiger partial charge in [0.1, 0.15) is 6.54 Å². The minimum absolute atomic E-state index is 0.0838. The van der Waals surface area contributed by atoms with Crippen molar-refractivity contribution in [3.63, 3.8) is 0 Å². The summed E-state index contributed by atoms with van der Waals surface area (Å²) < 4.78 is 2.97. The third-order valence-corrected chi connectivity index (χ3v) is 4.57. The van der Waals surface area contributed by atoms with Crippen molar-refractivity contribution >= 4 is 44.2 Å². The molecule has 5 nitrogen and oxygen atoms in total. The Hall–Kier alpha value is -2.73. The van der Waals surface area contributed by atoms with E-state index in [1.165, 1.54) is 0 Å². The maximum Gasteiger partial charge on any atom is 0.244 e. The third-order valence-electron chi connectivity index (χ3n) is 3.62. The van der Waals surface area contributed by atoms with Crippen molar-refractivity contribution in [1.82, 2.24) is 14.5 Å². The van der Waals surface area contributed by atoms with E-state index in [0.717, 1.165) is 31.9 Å². The number of aryl methyl sites for hydroxylation is 1. The molecule has 4 aromatic rings. The highest BCUT2D eigenvalue weighted by molar-refractivity contribution is 7.18. The SMILES string of the molecule is Cc1nc2cc(NC(=O)Cn3cnc4ccccc43)ccc2s1. The van der Waals surface area contributed by atoms with Gasteiger partial charge in [-0.2, -0.15) is 0 Å². The predicted octanol–water partition coefficient (Wildman–Crippen LogP) is 3.59. The van der Waals surface area contributed by atoms with Crippen LogP contribution in [0.5, 0.6) is 0 Å². The summed E-state index contributed by atoms with van der Waals surface area (Å²) in [5, 5.41) is 3.95. The largest absolute Gasteiger partial charge is 0.324 e. The Bertz CT molecular complexity index is 1020. The number of hydrogen-bond acceptors (Lipinski definition) is 4. The molecule has 6 heteroatoms. The molecule has 2 aromatic carbocycles. The number of carbonyl (C=O) groups excluding carboxylic acids is 1. The summed E-state index contributed by atoms with van der Waals surface area (Å²) in [6.07, 6.45) is 1.69. The quantitative estimate of drug-likeness (QED) is 0.627. The van der Waals surface area contributed by atoms with Gasteiger partial charge in [0.2, 0.25) is 5.91 Å². The van der Waals surface area contributed by atoms with Gasteiger partial charge in [0.25, 0.3) is 0 Å². The Kier molecular flexibility index (Phi) is 3.31. The van der Waals surface area contributed by atoms with E-state index < -0.39 is 0 Å². The van der Waals surface area contributed by atoms with Gasteiger partial charge in [-0.05, 0) is 37.3 Å². The van der Waals surface area contributed by atoms with Crippen molar-refractivity contribution in [1.29, 1.82) is 0 Å². The summed E-state index contributed by atoms with van der Waals surface area (Å²) in [6, 6.07) is 13.6. The van der Waals surface area contributed by atoms with Crippen LogP contribution >= 0.6 is 11.3 Å². The minimum atomic E-state index is -0.0838. The molecular weight excluding hydrogens is 308 g/mol. The summed E-state index contributed by atoms with van der Waals surface area (Å²) >= 11 is 1.65. The fourth-order valence-electron chi connectivity index (χ4n) is 2.61. The normalized spacial score (nSPS) is 11.2. The Labute approximate surface area is 136 Å². The number of para-hydroxylation sites is 2. The van der Waals surface area contributed by atoms with Crippen molar-refractivity contribution < 1.29 is 4.79 Å². The highest BCUT2D eigenvalue weighted by Gasteiger charge is 2.08. The maximum atomic E-state index is 12.3. The predicted molar refractivity (Wildman–Crippen MR) is 92.7 cm³/mol. The zero-order chi connectivity index (χ0) is 15.8. The molecule has 0 saturated heterocycles. The van der Waals surface area contributed by atoms with E-state index in [1.54, 1.807) is 17.7 Å². The summed E-state index contributed by atoms with van der Waals surface area (Å²) in [7, 11) is 0. The molecule has 1 N–H and O–H groups in total. The number of benzene rings is 2. The molecule has 0 radical (unpaired) electrons. The van der Waals surface area contributed by atoms with Gasteiger partial charge in [0.15, 0.2) is 0 Å². The Balaban J connectivity index is 1.54. The van der Waals surface area contributed by atoms with Gasteiger partial charge in [0.05, 0.1) is 32.6 Å². The van der Waals surface area contributed by atoms with Crippen molar-refractivity contribution in [2.24, 2.45) is 0 Å². The molecule has 23 heavy (non-hydrogen) atoms. The molecule has 0 fully saturated rings. The first-order valence-electron chi connectivity index (χ1n) is 7.26. The van der Waals surface area contributed by atoms with Crippen molar-refractivity contribution in [2.75, 3.05) is 5.32 Å². The number of anilines is 1. The van der Waals surface area contributed by atoms with E-state index in [-0.39, 0.29) is 12.5 Å². The summed E-state index contributed by atoms with van der Waals surface area (Å²) in [4.78, 5) is 21.0. The average molecular weight is 322 g/mol. The molecule has 114 valence electrons. The van der Waals surface area contributed by atoms with E-state index in [1.807, 2.05) is 54.0 Å². The van der Waals surface area contributed by atoms with Crippen molar-refractivity contribution in [3.8, 4) is 0 Å². The molecule has 0 atom stereocenters. The van der Waals surface area contributed by atoms with E-state index in [0.29, 0.717) is 0 Å². The molecule has 0 saturated carbocycles. The molecule has 0 aliphatic heterocycles. The molecule has 2 aromatic heterocycles. The second-order valence-corrected chi connectivity index (χ2v) is 6.56. The number of amides is 1. The van der Waals surface area contributed by atoms with Crippen LogP contribution < -0.4 is 5.32 Å². The number of imidazole rings is 1. The molecule has 0 aliphatic carbocycles. The van der Waals surface area contributed by atoms with Crippen LogP contribution in [-0.4, -0.2) is 20.4 Å². The number of aromatic nitrogens is 3. The minimum Gasteiger partial charge on any atom is -0.324 e. The van der Waals surface area contributed by atoms with E-state index >= 15 is 0 Å². The lowest BCUT2D eigenvalue weighted by Gasteiger charge is -2.06. The lowest BCUT2D eigenvalue weighted by molar-refractivity contribution is -0.116. The lowest BCUT2D eigenvalue weighted by Crippen LogP contribution is -2.18. The van der Waals surface area contributed by atoms with Gasteiger partial charge in [0, 0.05) is 5.69 Å². The van der Waals surface area contributed by atoms with E-state index in [9.17, 15) is 4.79 Å². The van der Waals surface area contributed by atoms with Gasteiger partial charge >= 0.3 is 0 Å². The summed E-state index contributed by atoms with van der Waals surface area (Å²) in [5.41, 5.74) is 3.52. The van der Waals surface area contributed by atoms with Crippen LogP contribution in [0.25, 0.3) is 21.3 Å². The Morgan fingerprint density at radius 1 is 1.22 bits per heavy atom. The number of carbonyl (C=O) groups is 1. The number of nitrogens with one attached hydrogen (secondary N) is 1. The van der Waals surface area contributed by atoms with Crippen LogP contribution in [0.15, 0.2) is 48.8 Å². The first-order chi connectivity index (χ1) is 11.2. The monoisotopic (exact) mass is 322 g/mol. The van der Waals surface area contributed by atoms with Gasteiger partial charge in [-0.1, -0.05) is 12.1 Å². The summed E-state index contributed by atoms with van der Waals surface area (Å²) in [5.74, 6) is -0.0838. The molecule has 2 heterocycles. The fraction of sp³-hybridized carbons (Fsp3) is 0.118. The molecule has 0 aliphatic rings. The molecule has 1 amide bonds. The molecule has 0 unspecified atom stereocenters. The number of hydrogen-bond donors (Lipinski definition) is 1. The van der Waals surface area contributed by atoms with Crippen molar-refractivity contribution in [3.05, 3.63) is 53.8 Å². The molecule has 0 bridgehead atoms. The molecule has 4 rings (SSSR count). The van der Waals surface area contributed by atoms with Crippen LogP contribution in [0.2, 0.25) is 0 Å². The van der Waals surface area contributed by atoms with E-state index in [4.69, 9.17) is 0 Å². The van der Waals surface area contributed by atoms with Crippen LogP contribution in [-0.2, 0) is 11.3 Å². The van der Waals surface area contributed by atoms with Gasteiger partial charge in [-0.3, -0.25) is 4.79 Å². The number of nitrogens with zero attached hydrogens (tertiary/aromatic N) is 3. The van der Waals surface area contributed by atoms with Crippen molar-refractivity contribution in [2.45, 2.75) is 13.5 Å². The van der Waals surface area contributed by atoms with Crippen LogP contribution in [0.1, 0.15) is 5.01 Å². The third kappa shape index (κ3) is 2.68. The average Bonchev–Trinajstić information content (AvgIpc) is 3.10. The van der Waals surface area contributed by atoms with Gasteiger partial charge in [-0.25, -0.2) is 9.97 Å².